The van der Waals surface area contributed by atoms with E-state index in [0.29, 0.717) is 0 Å². The summed E-state index contributed by atoms with van der Waals surface area (Å²) in [5.41, 5.74) is 10.5. The molecule has 0 amide bonds. The van der Waals surface area contributed by atoms with Crippen molar-refractivity contribution in [3.8, 4) is 0 Å². The summed E-state index contributed by atoms with van der Waals surface area (Å²) in [4.78, 5) is 0. The SMILES string of the molecule is CC/C=C\CCCCC1C=C2CC(=C=C3CCC3C3CCCC3C)CC2=C1. The molecule has 4 rings (SSSR count). The predicted molar refractivity (Wildman–Crippen MR) is 117 cm³/mol. The molecule has 0 spiro atoms. The van der Waals surface area contributed by atoms with Crippen LogP contribution in [0.5, 0.6) is 0 Å². The van der Waals surface area contributed by atoms with Gasteiger partial charge in [-0.2, -0.15) is 0 Å². The highest BCUT2D eigenvalue weighted by atomic mass is 14.4. The van der Waals surface area contributed by atoms with Crippen molar-refractivity contribution in [2.24, 2.45) is 23.7 Å². The van der Waals surface area contributed by atoms with Crippen LogP contribution in [0.25, 0.3) is 0 Å². The van der Waals surface area contributed by atoms with E-state index in [0.717, 1.165) is 23.7 Å². The maximum absolute atomic E-state index is 3.92. The summed E-state index contributed by atoms with van der Waals surface area (Å²) in [5.74, 6) is 3.52. The second kappa shape index (κ2) is 8.83. The van der Waals surface area contributed by atoms with E-state index in [1.807, 2.05) is 0 Å². The maximum Gasteiger partial charge on any atom is 0.00123 e. The fourth-order valence-corrected chi connectivity index (χ4v) is 5.91. The zero-order valence-electron chi connectivity index (χ0n) is 17.6. The molecule has 3 unspecified atom stereocenters. The molecule has 0 bridgehead atoms. The fourth-order valence-electron chi connectivity index (χ4n) is 5.91. The Balaban J connectivity index is 1.30. The highest BCUT2D eigenvalue weighted by molar-refractivity contribution is 5.50. The van der Waals surface area contributed by atoms with E-state index < -0.39 is 0 Å². The molecule has 3 atom stereocenters. The lowest BCUT2D eigenvalue weighted by atomic mass is 9.68. The van der Waals surface area contributed by atoms with Crippen LogP contribution in [0.4, 0.5) is 0 Å². The minimum absolute atomic E-state index is 0.718. The molecule has 4 aliphatic carbocycles. The van der Waals surface area contributed by atoms with Crippen molar-refractivity contribution in [2.75, 3.05) is 0 Å². The summed E-state index contributed by atoms with van der Waals surface area (Å²) in [5, 5.41) is 0. The van der Waals surface area contributed by atoms with Gasteiger partial charge in [0, 0.05) is 12.8 Å². The van der Waals surface area contributed by atoms with Gasteiger partial charge in [0.05, 0.1) is 0 Å². The van der Waals surface area contributed by atoms with Crippen LogP contribution in [0.3, 0.4) is 0 Å². The Labute approximate surface area is 167 Å². The first-order valence-electron chi connectivity index (χ1n) is 11.8. The second-order valence-electron chi connectivity index (χ2n) is 9.54. The molecule has 0 N–H and O–H groups in total. The van der Waals surface area contributed by atoms with E-state index in [-0.39, 0.29) is 0 Å². The average molecular weight is 363 g/mol. The Bertz CT molecular complexity index is 668. The third kappa shape index (κ3) is 4.43. The van der Waals surface area contributed by atoms with Crippen LogP contribution in [0.2, 0.25) is 0 Å². The number of hydrogen-bond acceptors (Lipinski definition) is 0. The first-order chi connectivity index (χ1) is 13.2. The molecule has 0 heterocycles. The molecule has 4 aliphatic rings. The summed E-state index contributed by atoms with van der Waals surface area (Å²) < 4.78 is 0. The number of hydrogen-bond donors (Lipinski definition) is 0. The Hall–Kier alpha value is -1.26. The van der Waals surface area contributed by atoms with Crippen molar-refractivity contribution in [3.63, 3.8) is 0 Å². The van der Waals surface area contributed by atoms with Crippen LogP contribution < -0.4 is 0 Å². The van der Waals surface area contributed by atoms with Gasteiger partial charge in [0.1, 0.15) is 0 Å². The van der Waals surface area contributed by atoms with Crippen molar-refractivity contribution in [1.29, 1.82) is 0 Å². The molecule has 0 heteroatoms. The van der Waals surface area contributed by atoms with Gasteiger partial charge in [0.25, 0.3) is 0 Å². The predicted octanol–water partition coefficient (Wildman–Crippen LogP) is 8.09. The lowest BCUT2D eigenvalue weighted by molar-refractivity contribution is 0.246. The van der Waals surface area contributed by atoms with Crippen LogP contribution in [-0.2, 0) is 0 Å². The number of allylic oxidation sites excluding steroid dienone is 7. The van der Waals surface area contributed by atoms with E-state index >= 15 is 0 Å². The molecule has 0 aromatic heterocycles. The lowest BCUT2D eigenvalue weighted by Gasteiger charge is -2.36. The first kappa shape index (κ1) is 19.1. The molecular formula is C27H38. The van der Waals surface area contributed by atoms with E-state index in [2.05, 4.69) is 43.9 Å². The van der Waals surface area contributed by atoms with E-state index in [1.54, 1.807) is 22.3 Å². The van der Waals surface area contributed by atoms with Gasteiger partial charge < -0.3 is 0 Å². The topological polar surface area (TPSA) is 0 Å². The quantitative estimate of drug-likeness (QED) is 0.244. The van der Waals surface area contributed by atoms with Gasteiger partial charge in [-0.25, -0.2) is 0 Å². The largest absolute Gasteiger partial charge is 0.122 e. The molecular weight excluding hydrogens is 324 g/mol. The number of fused-ring (bicyclic) bond motifs is 1. The first-order valence-corrected chi connectivity index (χ1v) is 11.8. The van der Waals surface area contributed by atoms with Gasteiger partial charge in [-0.15, -0.1) is 5.73 Å². The van der Waals surface area contributed by atoms with Gasteiger partial charge in [-0.1, -0.05) is 57.4 Å². The van der Waals surface area contributed by atoms with E-state index in [1.165, 1.54) is 77.0 Å². The molecule has 0 aromatic carbocycles. The van der Waals surface area contributed by atoms with Gasteiger partial charge in [0.15, 0.2) is 0 Å². The van der Waals surface area contributed by atoms with Crippen molar-refractivity contribution in [3.05, 3.63) is 52.3 Å². The fraction of sp³-hybridized carbons (Fsp3) is 0.667. The lowest BCUT2D eigenvalue weighted by Crippen LogP contribution is -2.26. The molecule has 0 aliphatic heterocycles. The van der Waals surface area contributed by atoms with Gasteiger partial charge in [-0.3, -0.25) is 0 Å². The molecule has 27 heavy (non-hydrogen) atoms. The minimum atomic E-state index is 0.718. The van der Waals surface area contributed by atoms with Gasteiger partial charge in [0.2, 0.25) is 0 Å². The average Bonchev–Trinajstić information content (AvgIpc) is 3.30. The van der Waals surface area contributed by atoms with Crippen LogP contribution >= 0.6 is 0 Å². The third-order valence-electron chi connectivity index (χ3n) is 7.57. The summed E-state index contributed by atoms with van der Waals surface area (Å²) in [7, 11) is 0. The highest BCUT2D eigenvalue weighted by Gasteiger charge is 2.37. The van der Waals surface area contributed by atoms with E-state index in [4.69, 9.17) is 0 Å². The van der Waals surface area contributed by atoms with Crippen molar-refractivity contribution < 1.29 is 0 Å². The van der Waals surface area contributed by atoms with Gasteiger partial charge in [-0.05, 0) is 90.9 Å². The Morgan fingerprint density at radius 3 is 2.48 bits per heavy atom. The maximum atomic E-state index is 3.92. The highest BCUT2D eigenvalue weighted by Crippen LogP contribution is 2.49. The summed E-state index contributed by atoms with van der Waals surface area (Å²) in [6, 6.07) is 0. The van der Waals surface area contributed by atoms with Crippen LogP contribution in [-0.4, -0.2) is 0 Å². The Morgan fingerprint density at radius 1 is 1.04 bits per heavy atom. The molecule has 0 nitrogen and oxygen atoms in total. The monoisotopic (exact) mass is 362 g/mol. The summed E-state index contributed by atoms with van der Waals surface area (Å²) in [6.45, 7) is 4.70. The number of unbranched alkanes of at least 4 members (excludes halogenated alkanes) is 2. The second-order valence-corrected chi connectivity index (χ2v) is 9.54. The zero-order chi connectivity index (χ0) is 18.6. The summed E-state index contributed by atoms with van der Waals surface area (Å²) in [6.07, 6.45) is 25.8. The minimum Gasteiger partial charge on any atom is -0.122 e. The van der Waals surface area contributed by atoms with Crippen LogP contribution in [0.15, 0.2) is 52.3 Å². The Kier molecular flexibility index (Phi) is 6.24. The molecule has 146 valence electrons. The molecule has 3 fully saturated rings. The standard InChI is InChI=1S/C27H38/c1-3-4-5-6-7-8-11-21-15-24-18-22(19-25(24)16-21)17-23-13-14-27(23)26-12-9-10-20(26)2/h4-5,15-16,20-21,26-27H,3,6-14,18-19H2,1-2H3/b5-4-. The van der Waals surface area contributed by atoms with Crippen LogP contribution in [0.1, 0.15) is 90.9 Å². The third-order valence-corrected chi connectivity index (χ3v) is 7.57. The molecule has 3 saturated carbocycles. The Morgan fingerprint density at radius 2 is 1.85 bits per heavy atom. The van der Waals surface area contributed by atoms with Gasteiger partial charge >= 0.3 is 0 Å². The number of rotatable bonds is 7. The zero-order valence-corrected chi connectivity index (χ0v) is 17.6. The molecule has 0 aromatic rings. The van der Waals surface area contributed by atoms with Crippen molar-refractivity contribution in [1.82, 2.24) is 0 Å². The van der Waals surface area contributed by atoms with Crippen LogP contribution in [0, 0.1) is 23.7 Å². The molecule has 0 radical (unpaired) electrons. The van der Waals surface area contributed by atoms with E-state index in [9.17, 15) is 0 Å². The summed E-state index contributed by atoms with van der Waals surface area (Å²) >= 11 is 0. The molecule has 0 saturated heterocycles. The smallest absolute Gasteiger partial charge is 0.00123 e. The normalized spacial score (nSPS) is 30.5. The van der Waals surface area contributed by atoms with Crippen molar-refractivity contribution in [2.45, 2.75) is 90.9 Å². The van der Waals surface area contributed by atoms with Crippen molar-refractivity contribution >= 4 is 0 Å².